The van der Waals surface area contributed by atoms with Crippen molar-refractivity contribution < 1.29 is 19.4 Å². The summed E-state index contributed by atoms with van der Waals surface area (Å²) < 4.78 is 1.62. The molecule has 184 valence electrons. The van der Waals surface area contributed by atoms with Crippen molar-refractivity contribution in [3.8, 4) is 0 Å². The van der Waals surface area contributed by atoms with E-state index in [2.05, 4.69) is 10.4 Å². The quantitative estimate of drug-likeness (QED) is 0.243. The zero-order valence-electron chi connectivity index (χ0n) is 20.2. The summed E-state index contributed by atoms with van der Waals surface area (Å²) >= 11 is 0. The molecule has 0 saturated heterocycles. The molecule has 0 atom stereocenters. The predicted molar refractivity (Wildman–Crippen MR) is 127 cm³/mol. The van der Waals surface area contributed by atoms with Gasteiger partial charge in [-0.1, -0.05) is 38.5 Å². The molecule has 0 bridgehead atoms. The summed E-state index contributed by atoms with van der Waals surface area (Å²) in [7, 11) is 1.30. The molecule has 3 N–H and O–H groups in total. The Hall–Kier alpha value is -2.94. The molecule has 2 fully saturated rings. The number of hydrogen-bond acceptors (Lipinski definition) is 6. The number of carbonyl (C=O) groups is 2. The van der Waals surface area contributed by atoms with Gasteiger partial charge in [0.15, 0.2) is 5.76 Å². The number of rotatable bonds is 7. The summed E-state index contributed by atoms with van der Waals surface area (Å²) in [6.45, 7) is 3.22. The van der Waals surface area contributed by atoms with Crippen molar-refractivity contribution in [2.45, 2.75) is 90.1 Å². The molecule has 4 rings (SSSR count). The van der Waals surface area contributed by atoms with Gasteiger partial charge in [0.05, 0.1) is 35.4 Å². The monoisotopic (exact) mass is 470 g/mol. The SMILES string of the molecule is COOC1=C(c2c(C)[nH]n(C3CCCCC3)c2=O)C(=O)/C1=C(/C(C)=N)C(=O)NC1CCCCC1. The van der Waals surface area contributed by atoms with Crippen LogP contribution in [0.25, 0.3) is 5.57 Å². The minimum Gasteiger partial charge on any atom is -0.349 e. The standard InChI is InChI=1S/C25H34N4O5/c1-14(26)18(24(31)27-16-10-6-4-7-11-16)20-22(30)21(23(20)34-33-3)19-15(2)28-29(25(19)32)17-12-8-5-9-13-17/h16-17,26,28H,4-13H2,1-3H3,(H,27,31)/b20-18+,26-14?. The largest absolute Gasteiger partial charge is 0.349 e. The molecule has 2 saturated carbocycles. The highest BCUT2D eigenvalue weighted by Gasteiger charge is 2.44. The molecule has 0 unspecified atom stereocenters. The van der Waals surface area contributed by atoms with Crippen molar-refractivity contribution in [2.75, 3.05) is 7.11 Å². The Morgan fingerprint density at radius 1 is 1.06 bits per heavy atom. The van der Waals surface area contributed by atoms with Crippen molar-refractivity contribution in [3.63, 3.8) is 0 Å². The lowest BCUT2D eigenvalue weighted by Gasteiger charge is -2.27. The van der Waals surface area contributed by atoms with E-state index in [1.54, 1.807) is 11.6 Å². The molecule has 0 spiro atoms. The van der Waals surface area contributed by atoms with Crippen LogP contribution in [0.2, 0.25) is 0 Å². The topological polar surface area (TPSA) is 126 Å². The highest BCUT2D eigenvalue weighted by molar-refractivity contribution is 6.43. The number of nitrogens with zero attached hydrogens (tertiary/aromatic N) is 1. The zero-order chi connectivity index (χ0) is 24.4. The molecule has 9 heteroatoms. The third-order valence-electron chi connectivity index (χ3n) is 7.15. The average molecular weight is 471 g/mol. The van der Waals surface area contributed by atoms with Gasteiger partial charge in [0, 0.05) is 17.4 Å². The van der Waals surface area contributed by atoms with Gasteiger partial charge < -0.3 is 15.6 Å². The number of amides is 1. The zero-order valence-corrected chi connectivity index (χ0v) is 20.2. The van der Waals surface area contributed by atoms with Crippen LogP contribution in [0.15, 0.2) is 21.7 Å². The Morgan fingerprint density at radius 3 is 2.26 bits per heavy atom. The Balaban J connectivity index is 1.75. The van der Waals surface area contributed by atoms with Crippen molar-refractivity contribution in [2.24, 2.45) is 0 Å². The van der Waals surface area contributed by atoms with Crippen LogP contribution in [0.4, 0.5) is 0 Å². The molecular weight excluding hydrogens is 436 g/mol. The molecule has 0 aliphatic heterocycles. The fourth-order valence-electron chi connectivity index (χ4n) is 5.45. The fraction of sp³-hybridized carbons (Fsp3) is 0.600. The molecule has 1 heterocycles. The van der Waals surface area contributed by atoms with Gasteiger partial charge in [-0.05, 0) is 39.5 Å². The summed E-state index contributed by atoms with van der Waals surface area (Å²) in [5.74, 6) is -0.922. The van der Waals surface area contributed by atoms with Crippen molar-refractivity contribution in [1.82, 2.24) is 15.1 Å². The Morgan fingerprint density at radius 2 is 1.68 bits per heavy atom. The van der Waals surface area contributed by atoms with Crippen LogP contribution >= 0.6 is 0 Å². The molecule has 1 aromatic heterocycles. The van der Waals surface area contributed by atoms with Crippen molar-refractivity contribution >= 4 is 23.0 Å². The minimum absolute atomic E-state index is 0.0122. The van der Waals surface area contributed by atoms with Gasteiger partial charge in [-0.3, -0.25) is 19.5 Å². The van der Waals surface area contributed by atoms with E-state index in [-0.39, 0.29) is 51.4 Å². The second-order valence-corrected chi connectivity index (χ2v) is 9.55. The van der Waals surface area contributed by atoms with E-state index in [4.69, 9.17) is 15.2 Å². The normalized spacial score (nSPS) is 21.3. The Kier molecular flexibility index (Phi) is 7.21. The lowest BCUT2D eigenvalue weighted by Crippen LogP contribution is -2.40. The maximum Gasteiger partial charge on any atom is 0.275 e. The van der Waals surface area contributed by atoms with Gasteiger partial charge in [-0.15, -0.1) is 0 Å². The van der Waals surface area contributed by atoms with Crippen LogP contribution in [0.3, 0.4) is 0 Å². The van der Waals surface area contributed by atoms with Gasteiger partial charge in [-0.2, -0.15) is 4.89 Å². The second-order valence-electron chi connectivity index (χ2n) is 9.55. The van der Waals surface area contributed by atoms with Crippen LogP contribution in [0, 0.1) is 12.3 Å². The molecule has 34 heavy (non-hydrogen) atoms. The maximum atomic E-state index is 13.4. The summed E-state index contributed by atoms with van der Waals surface area (Å²) in [5, 5.41) is 14.3. The first-order chi connectivity index (χ1) is 16.3. The van der Waals surface area contributed by atoms with E-state index in [1.807, 2.05) is 0 Å². The summed E-state index contributed by atoms with van der Waals surface area (Å²) in [5.41, 5.74) is 0.529. The lowest BCUT2D eigenvalue weighted by molar-refractivity contribution is -0.235. The summed E-state index contributed by atoms with van der Waals surface area (Å²) in [6, 6.07) is 0.100. The molecule has 0 aromatic carbocycles. The first kappa shape index (κ1) is 24.2. The van der Waals surface area contributed by atoms with Gasteiger partial charge >= 0.3 is 0 Å². The average Bonchev–Trinajstić information content (AvgIpc) is 3.11. The van der Waals surface area contributed by atoms with Crippen LogP contribution in [-0.2, 0) is 19.4 Å². The molecule has 3 aliphatic carbocycles. The van der Waals surface area contributed by atoms with E-state index < -0.39 is 11.7 Å². The third-order valence-corrected chi connectivity index (χ3v) is 7.15. The number of H-pyrrole nitrogens is 1. The number of nitrogens with one attached hydrogen (secondary N) is 3. The highest BCUT2D eigenvalue weighted by Crippen LogP contribution is 2.41. The van der Waals surface area contributed by atoms with Crippen molar-refractivity contribution in [3.05, 3.63) is 38.5 Å². The van der Waals surface area contributed by atoms with Gasteiger partial charge in [-0.25, -0.2) is 4.68 Å². The number of allylic oxidation sites excluding steroid dienone is 2. The first-order valence-corrected chi connectivity index (χ1v) is 12.3. The highest BCUT2D eigenvalue weighted by atomic mass is 17.2. The second kappa shape index (κ2) is 10.1. The van der Waals surface area contributed by atoms with Gasteiger partial charge in [0.1, 0.15) is 0 Å². The molecule has 0 radical (unpaired) electrons. The van der Waals surface area contributed by atoms with Gasteiger partial charge in [0.25, 0.3) is 11.5 Å². The number of aromatic amines is 1. The molecule has 1 aromatic rings. The minimum atomic E-state index is -0.484. The van der Waals surface area contributed by atoms with E-state index in [0.29, 0.717) is 5.69 Å². The Bertz CT molecular complexity index is 1110. The molecule has 9 nitrogen and oxygen atoms in total. The predicted octanol–water partition coefficient (Wildman–Crippen LogP) is 3.65. The fourth-order valence-corrected chi connectivity index (χ4v) is 5.45. The number of aromatic nitrogens is 2. The Labute approximate surface area is 199 Å². The van der Waals surface area contributed by atoms with Crippen molar-refractivity contribution in [1.29, 1.82) is 5.41 Å². The summed E-state index contributed by atoms with van der Waals surface area (Å²) in [6.07, 6.45) is 10.1. The van der Waals surface area contributed by atoms with Crippen LogP contribution in [0.5, 0.6) is 0 Å². The number of hydrogen-bond donors (Lipinski definition) is 3. The van der Waals surface area contributed by atoms with E-state index >= 15 is 0 Å². The number of carbonyl (C=O) groups excluding carboxylic acids is 2. The lowest BCUT2D eigenvalue weighted by atomic mass is 9.79. The smallest absolute Gasteiger partial charge is 0.275 e. The van der Waals surface area contributed by atoms with Crippen LogP contribution in [-0.4, -0.2) is 40.3 Å². The number of Topliss-reactive ketones (excluding diaryl/α,β-unsaturated/α-hetero) is 1. The van der Waals surface area contributed by atoms with E-state index in [1.165, 1.54) is 14.0 Å². The van der Waals surface area contributed by atoms with Crippen LogP contribution in [0.1, 0.15) is 88.4 Å². The summed E-state index contributed by atoms with van der Waals surface area (Å²) in [4.78, 5) is 50.0. The third kappa shape index (κ3) is 4.41. The van der Waals surface area contributed by atoms with E-state index in [9.17, 15) is 14.4 Å². The van der Waals surface area contributed by atoms with E-state index in [0.717, 1.165) is 64.2 Å². The molecule has 3 aliphatic rings. The molecular formula is C25H34N4O5. The van der Waals surface area contributed by atoms with Gasteiger partial charge in [0.2, 0.25) is 5.78 Å². The molecule has 1 amide bonds. The first-order valence-electron chi connectivity index (χ1n) is 12.3. The number of aryl methyl sites for hydroxylation is 1. The maximum absolute atomic E-state index is 13.4. The van der Waals surface area contributed by atoms with Crippen LogP contribution < -0.4 is 10.9 Å². The number of ketones is 1.